The predicted molar refractivity (Wildman–Crippen MR) is 88.3 cm³/mol. The molecule has 108 valence electrons. The number of nitrogens with two attached hydrogens (primary N) is 1. The Morgan fingerprint density at radius 3 is 2.76 bits per heavy atom. The van der Waals surface area contributed by atoms with Crippen LogP contribution in [0, 0.1) is 6.92 Å². The van der Waals surface area contributed by atoms with E-state index in [0.29, 0.717) is 6.42 Å². The molecule has 1 unspecified atom stereocenters. The molecule has 2 aromatic rings. The summed E-state index contributed by atoms with van der Waals surface area (Å²) in [5, 5.41) is 2.90. The van der Waals surface area contributed by atoms with Crippen LogP contribution in [-0.2, 0) is 11.2 Å². The molecule has 0 saturated heterocycles. The van der Waals surface area contributed by atoms with Crippen molar-refractivity contribution in [3.8, 4) is 0 Å². The van der Waals surface area contributed by atoms with Gasteiger partial charge in [-0.2, -0.15) is 0 Å². The van der Waals surface area contributed by atoms with Crippen molar-refractivity contribution < 1.29 is 4.79 Å². The van der Waals surface area contributed by atoms with Crippen LogP contribution in [0.4, 0.5) is 5.69 Å². The Hall–Kier alpha value is -1.65. The summed E-state index contributed by atoms with van der Waals surface area (Å²) in [6.07, 6.45) is 1.32. The summed E-state index contributed by atoms with van der Waals surface area (Å²) >= 11 is 3.48. The van der Waals surface area contributed by atoms with Gasteiger partial charge < -0.3 is 11.1 Å². The minimum atomic E-state index is -0.152. The van der Waals surface area contributed by atoms with Gasteiger partial charge in [-0.15, -0.1) is 0 Å². The second-order valence-electron chi connectivity index (χ2n) is 5.44. The fourth-order valence-electron chi connectivity index (χ4n) is 2.76. The maximum atomic E-state index is 11.4. The highest BCUT2D eigenvalue weighted by Gasteiger charge is 2.18. The van der Waals surface area contributed by atoms with Gasteiger partial charge in [-0.05, 0) is 53.8 Å². The fourth-order valence-corrected chi connectivity index (χ4v) is 3.24. The molecule has 0 bridgehead atoms. The number of nitrogens with one attached hydrogen (secondary N) is 1. The van der Waals surface area contributed by atoms with Gasteiger partial charge in [0.05, 0.1) is 6.04 Å². The van der Waals surface area contributed by atoms with E-state index in [0.717, 1.165) is 33.3 Å². The van der Waals surface area contributed by atoms with Crippen LogP contribution in [0.2, 0.25) is 0 Å². The van der Waals surface area contributed by atoms with Gasteiger partial charge in [-0.25, -0.2) is 0 Å². The molecular formula is C17H17BrN2O. The van der Waals surface area contributed by atoms with Crippen molar-refractivity contribution in [1.29, 1.82) is 0 Å². The lowest BCUT2D eigenvalue weighted by Crippen LogP contribution is -2.20. The smallest absolute Gasteiger partial charge is 0.224 e. The number of benzene rings is 2. The van der Waals surface area contributed by atoms with Crippen molar-refractivity contribution in [3.63, 3.8) is 0 Å². The second kappa shape index (κ2) is 5.62. The Labute approximate surface area is 132 Å². The number of anilines is 1. The van der Waals surface area contributed by atoms with Gasteiger partial charge in [-0.1, -0.05) is 34.1 Å². The van der Waals surface area contributed by atoms with Crippen molar-refractivity contribution >= 4 is 27.5 Å². The third-order valence-electron chi connectivity index (χ3n) is 3.95. The molecule has 3 N–H and O–H groups in total. The molecule has 1 aliphatic heterocycles. The molecule has 0 radical (unpaired) electrons. The van der Waals surface area contributed by atoms with Gasteiger partial charge in [0.2, 0.25) is 5.91 Å². The number of carbonyl (C=O) groups is 1. The summed E-state index contributed by atoms with van der Waals surface area (Å²) in [7, 11) is 0. The van der Waals surface area contributed by atoms with Crippen LogP contribution in [-0.4, -0.2) is 5.91 Å². The summed E-state index contributed by atoms with van der Waals surface area (Å²) in [6, 6.07) is 12.1. The van der Waals surface area contributed by atoms with E-state index in [2.05, 4.69) is 46.4 Å². The number of carbonyl (C=O) groups excluding carboxylic acids is 1. The number of hydrogen-bond acceptors (Lipinski definition) is 2. The van der Waals surface area contributed by atoms with Crippen molar-refractivity contribution in [1.82, 2.24) is 0 Å². The molecule has 0 aromatic heterocycles. The molecule has 0 fully saturated rings. The quantitative estimate of drug-likeness (QED) is 0.872. The molecular weight excluding hydrogens is 328 g/mol. The first-order valence-corrected chi connectivity index (χ1v) is 7.78. The standard InChI is InChI=1S/C17H17BrN2O/c1-10-8-13(18)4-5-14(10)17(19)12-2-6-15-11(9-12)3-7-16(21)20-15/h2,4-6,8-9,17H,3,7,19H2,1H3,(H,20,21). The topological polar surface area (TPSA) is 55.1 Å². The third kappa shape index (κ3) is 2.87. The number of amides is 1. The van der Waals surface area contributed by atoms with Crippen LogP contribution in [0.5, 0.6) is 0 Å². The first kappa shape index (κ1) is 14.3. The van der Waals surface area contributed by atoms with Crippen molar-refractivity contribution in [2.45, 2.75) is 25.8 Å². The van der Waals surface area contributed by atoms with E-state index in [1.54, 1.807) is 0 Å². The Morgan fingerprint density at radius 2 is 2.00 bits per heavy atom. The van der Waals surface area contributed by atoms with E-state index in [-0.39, 0.29) is 11.9 Å². The lowest BCUT2D eigenvalue weighted by molar-refractivity contribution is -0.116. The molecule has 0 aliphatic carbocycles. The van der Waals surface area contributed by atoms with Crippen molar-refractivity contribution in [2.24, 2.45) is 5.73 Å². The molecule has 1 heterocycles. The molecule has 0 spiro atoms. The lowest BCUT2D eigenvalue weighted by atomic mass is 9.92. The molecule has 1 atom stereocenters. The van der Waals surface area contributed by atoms with Gasteiger partial charge in [0.25, 0.3) is 0 Å². The van der Waals surface area contributed by atoms with Gasteiger partial charge in [0, 0.05) is 16.6 Å². The van der Waals surface area contributed by atoms with Crippen LogP contribution in [0.3, 0.4) is 0 Å². The third-order valence-corrected chi connectivity index (χ3v) is 4.44. The molecule has 4 heteroatoms. The predicted octanol–water partition coefficient (Wildman–Crippen LogP) is 3.69. The molecule has 3 rings (SSSR count). The van der Waals surface area contributed by atoms with Crippen LogP contribution < -0.4 is 11.1 Å². The Morgan fingerprint density at radius 1 is 1.19 bits per heavy atom. The number of fused-ring (bicyclic) bond motifs is 1. The lowest BCUT2D eigenvalue weighted by Gasteiger charge is -2.21. The zero-order valence-electron chi connectivity index (χ0n) is 11.8. The van der Waals surface area contributed by atoms with Crippen LogP contribution >= 0.6 is 15.9 Å². The highest BCUT2D eigenvalue weighted by Crippen LogP contribution is 2.29. The van der Waals surface area contributed by atoms with Gasteiger partial charge in [0.1, 0.15) is 0 Å². The number of halogens is 1. The number of rotatable bonds is 2. The van der Waals surface area contributed by atoms with Crippen LogP contribution in [0.25, 0.3) is 0 Å². The summed E-state index contributed by atoms with van der Waals surface area (Å²) in [5.41, 5.74) is 11.9. The van der Waals surface area contributed by atoms with E-state index < -0.39 is 0 Å². The summed E-state index contributed by atoms with van der Waals surface area (Å²) in [5.74, 6) is 0.0864. The van der Waals surface area contributed by atoms with Crippen LogP contribution in [0.15, 0.2) is 40.9 Å². The monoisotopic (exact) mass is 344 g/mol. The van der Waals surface area contributed by atoms with Gasteiger partial charge >= 0.3 is 0 Å². The van der Waals surface area contributed by atoms with Gasteiger partial charge in [-0.3, -0.25) is 4.79 Å². The summed E-state index contributed by atoms with van der Waals surface area (Å²) in [4.78, 5) is 11.4. The van der Waals surface area contributed by atoms with Gasteiger partial charge in [0.15, 0.2) is 0 Å². The zero-order valence-corrected chi connectivity index (χ0v) is 13.4. The zero-order chi connectivity index (χ0) is 15.0. The van der Waals surface area contributed by atoms with Crippen molar-refractivity contribution in [2.75, 3.05) is 5.32 Å². The molecule has 0 saturated carbocycles. The Bertz CT molecular complexity index is 712. The minimum Gasteiger partial charge on any atom is -0.326 e. The first-order valence-electron chi connectivity index (χ1n) is 6.99. The van der Waals surface area contributed by atoms with E-state index >= 15 is 0 Å². The van der Waals surface area contributed by atoms with E-state index in [1.807, 2.05) is 18.2 Å². The average Bonchev–Trinajstić information content (AvgIpc) is 2.46. The fraction of sp³-hybridized carbons (Fsp3) is 0.235. The molecule has 1 aliphatic rings. The molecule has 2 aromatic carbocycles. The maximum absolute atomic E-state index is 11.4. The number of hydrogen-bond donors (Lipinski definition) is 2. The largest absolute Gasteiger partial charge is 0.326 e. The SMILES string of the molecule is Cc1cc(Br)ccc1C(N)c1ccc2c(c1)CCC(=O)N2. The number of aryl methyl sites for hydroxylation is 2. The first-order chi connectivity index (χ1) is 10.0. The average molecular weight is 345 g/mol. The van der Waals surface area contributed by atoms with E-state index in [4.69, 9.17) is 5.73 Å². The Balaban J connectivity index is 1.95. The van der Waals surface area contributed by atoms with E-state index in [1.165, 1.54) is 5.56 Å². The normalized spacial score (nSPS) is 15.3. The van der Waals surface area contributed by atoms with E-state index in [9.17, 15) is 4.79 Å². The molecule has 1 amide bonds. The summed E-state index contributed by atoms with van der Waals surface area (Å²) in [6.45, 7) is 2.07. The molecule has 3 nitrogen and oxygen atoms in total. The van der Waals surface area contributed by atoms with Crippen molar-refractivity contribution in [3.05, 3.63) is 63.1 Å². The highest BCUT2D eigenvalue weighted by atomic mass is 79.9. The highest BCUT2D eigenvalue weighted by molar-refractivity contribution is 9.10. The second-order valence-corrected chi connectivity index (χ2v) is 6.36. The molecule has 21 heavy (non-hydrogen) atoms. The Kier molecular flexibility index (Phi) is 3.83. The summed E-state index contributed by atoms with van der Waals surface area (Å²) < 4.78 is 1.06. The minimum absolute atomic E-state index is 0.0864. The van der Waals surface area contributed by atoms with Crippen LogP contribution in [0.1, 0.15) is 34.7 Å². The maximum Gasteiger partial charge on any atom is 0.224 e.